The van der Waals surface area contributed by atoms with E-state index in [4.69, 9.17) is 28.6 Å². The van der Waals surface area contributed by atoms with Crippen LogP contribution < -0.4 is 20.4 Å². The average molecular weight is 527 g/mol. The minimum absolute atomic E-state index is 0.0229. The predicted molar refractivity (Wildman–Crippen MR) is 137 cm³/mol. The van der Waals surface area contributed by atoms with Gasteiger partial charge in [-0.05, 0) is 66.8 Å². The molecule has 1 heterocycles. The number of rotatable bonds is 7. The van der Waals surface area contributed by atoms with Crippen molar-refractivity contribution in [2.45, 2.75) is 12.5 Å². The van der Waals surface area contributed by atoms with Gasteiger partial charge in [-0.25, -0.2) is 9.40 Å². The fourth-order valence-electron chi connectivity index (χ4n) is 3.62. The highest BCUT2D eigenvalue weighted by atomic mass is 35.5. The van der Waals surface area contributed by atoms with Crippen molar-refractivity contribution in [1.82, 2.24) is 10.4 Å². The van der Waals surface area contributed by atoms with Crippen LogP contribution in [0, 0.1) is 5.82 Å². The summed E-state index contributed by atoms with van der Waals surface area (Å²) in [5.74, 6) is -1.76. The Balaban J connectivity index is 1.60. The Morgan fingerprint density at radius 1 is 1.08 bits per heavy atom. The molecule has 0 aliphatic carbocycles. The van der Waals surface area contributed by atoms with E-state index in [2.05, 4.69) is 10.7 Å². The van der Waals surface area contributed by atoms with E-state index >= 15 is 0 Å². The number of amides is 3. The molecule has 0 spiro atoms. The van der Waals surface area contributed by atoms with E-state index in [9.17, 15) is 18.8 Å². The molecule has 1 aliphatic rings. The number of methoxy groups -OCH3 is 1. The quantitative estimate of drug-likeness (QED) is 0.449. The van der Waals surface area contributed by atoms with Crippen LogP contribution in [0.1, 0.15) is 16.8 Å². The molecule has 1 fully saturated rings. The van der Waals surface area contributed by atoms with Crippen molar-refractivity contribution < 1.29 is 23.5 Å². The standard InChI is InChI=1S/C25H20ClFN4O4S/c1-35-20-7-3-6-18(13-20)28-22(32)14-21-24(34)30(19-10-8-16(26)9-11-19)25(36)31(21)29-23(33)15-4-2-5-17(27)12-15/h2-13,21H,14H2,1H3,(H,28,32)(H,29,33). The van der Waals surface area contributed by atoms with Gasteiger partial charge in [-0.15, -0.1) is 0 Å². The van der Waals surface area contributed by atoms with Gasteiger partial charge in [-0.2, -0.15) is 0 Å². The van der Waals surface area contributed by atoms with Crippen LogP contribution in [0.15, 0.2) is 72.8 Å². The summed E-state index contributed by atoms with van der Waals surface area (Å²) in [6, 6.07) is 17.0. The maximum absolute atomic E-state index is 13.7. The number of anilines is 2. The number of halogens is 2. The third kappa shape index (κ3) is 5.45. The largest absolute Gasteiger partial charge is 0.497 e. The van der Waals surface area contributed by atoms with Crippen molar-refractivity contribution in [3.63, 3.8) is 0 Å². The summed E-state index contributed by atoms with van der Waals surface area (Å²) in [5.41, 5.74) is 3.45. The Labute approximate surface area is 216 Å². The minimum Gasteiger partial charge on any atom is -0.497 e. The first-order chi connectivity index (χ1) is 17.3. The van der Waals surface area contributed by atoms with Gasteiger partial charge < -0.3 is 10.1 Å². The monoisotopic (exact) mass is 526 g/mol. The molecule has 0 saturated carbocycles. The van der Waals surface area contributed by atoms with Crippen molar-refractivity contribution in [3.8, 4) is 5.75 Å². The highest BCUT2D eigenvalue weighted by molar-refractivity contribution is 7.80. The van der Waals surface area contributed by atoms with Crippen LogP contribution in [0.25, 0.3) is 0 Å². The van der Waals surface area contributed by atoms with Crippen LogP contribution >= 0.6 is 23.8 Å². The first-order valence-corrected chi connectivity index (χ1v) is 11.5. The molecule has 8 nitrogen and oxygen atoms in total. The lowest BCUT2D eigenvalue weighted by atomic mass is 10.1. The summed E-state index contributed by atoms with van der Waals surface area (Å²) in [7, 11) is 1.50. The van der Waals surface area contributed by atoms with E-state index in [-0.39, 0.29) is 17.1 Å². The molecule has 1 unspecified atom stereocenters. The fraction of sp³-hybridized carbons (Fsp3) is 0.120. The maximum atomic E-state index is 13.7. The first kappa shape index (κ1) is 25.1. The van der Waals surface area contributed by atoms with Crippen molar-refractivity contribution in [1.29, 1.82) is 0 Å². The van der Waals surface area contributed by atoms with Crippen molar-refractivity contribution in [2.75, 3.05) is 17.3 Å². The molecular formula is C25H20ClFN4O4S. The number of thiocarbonyl (C=S) groups is 1. The third-order valence-corrected chi connectivity index (χ3v) is 5.97. The Kier molecular flexibility index (Phi) is 7.47. The Hall–Kier alpha value is -4.02. The third-order valence-electron chi connectivity index (χ3n) is 5.34. The summed E-state index contributed by atoms with van der Waals surface area (Å²) >= 11 is 11.5. The molecule has 0 bridgehead atoms. The zero-order chi connectivity index (χ0) is 25.8. The van der Waals surface area contributed by atoms with Gasteiger partial charge in [0.2, 0.25) is 11.0 Å². The zero-order valence-electron chi connectivity index (χ0n) is 18.9. The van der Waals surface area contributed by atoms with Gasteiger partial charge in [0, 0.05) is 22.3 Å². The van der Waals surface area contributed by atoms with Crippen LogP contribution in [0.4, 0.5) is 15.8 Å². The predicted octanol–water partition coefficient (Wildman–Crippen LogP) is 4.16. The Morgan fingerprint density at radius 2 is 1.81 bits per heavy atom. The van der Waals surface area contributed by atoms with Gasteiger partial charge in [0.1, 0.15) is 17.6 Å². The molecule has 3 aromatic rings. The lowest BCUT2D eigenvalue weighted by Gasteiger charge is -2.24. The molecule has 4 rings (SSSR count). The van der Waals surface area contributed by atoms with Crippen LogP contribution in [-0.2, 0) is 9.59 Å². The second kappa shape index (κ2) is 10.7. The summed E-state index contributed by atoms with van der Waals surface area (Å²) in [6.07, 6.45) is -0.330. The van der Waals surface area contributed by atoms with E-state index in [1.54, 1.807) is 48.5 Å². The van der Waals surface area contributed by atoms with Crippen LogP contribution in [0.2, 0.25) is 5.02 Å². The summed E-state index contributed by atoms with van der Waals surface area (Å²) < 4.78 is 18.8. The lowest BCUT2D eigenvalue weighted by Crippen LogP contribution is -2.49. The van der Waals surface area contributed by atoms with E-state index < -0.39 is 29.6 Å². The Bertz CT molecular complexity index is 1340. The molecule has 3 aromatic carbocycles. The molecule has 1 saturated heterocycles. The summed E-state index contributed by atoms with van der Waals surface area (Å²) in [4.78, 5) is 40.4. The van der Waals surface area contributed by atoms with Crippen LogP contribution in [-0.4, -0.2) is 41.0 Å². The summed E-state index contributed by atoms with van der Waals surface area (Å²) in [6.45, 7) is 0. The fourth-order valence-corrected chi connectivity index (χ4v) is 4.11. The number of ether oxygens (including phenoxy) is 1. The molecule has 36 heavy (non-hydrogen) atoms. The SMILES string of the molecule is COc1cccc(NC(=O)CC2C(=O)N(c3ccc(Cl)cc3)C(=S)N2NC(=O)c2cccc(F)c2)c1. The molecule has 3 amide bonds. The average Bonchev–Trinajstić information content (AvgIpc) is 3.08. The molecule has 11 heteroatoms. The molecule has 184 valence electrons. The molecule has 0 aromatic heterocycles. The number of hydrazine groups is 1. The van der Waals surface area contributed by atoms with Crippen molar-refractivity contribution in [3.05, 3.63) is 89.2 Å². The topological polar surface area (TPSA) is 91.0 Å². The van der Waals surface area contributed by atoms with Crippen molar-refractivity contribution >= 4 is 58.0 Å². The van der Waals surface area contributed by atoms with Gasteiger partial charge in [0.15, 0.2) is 0 Å². The highest BCUT2D eigenvalue weighted by Crippen LogP contribution is 2.28. The van der Waals surface area contributed by atoms with Crippen LogP contribution in [0.5, 0.6) is 5.75 Å². The molecular weight excluding hydrogens is 507 g/mol. The van der Waals surface area contributed by atoms with Gasteiger partial charge in [-0.3, -0.25) is 24.7 Å². The van der Waals surface area contributed by atoms with E-state index in [1.807, 2.05) is 0 Å². The van der Waals surface area contributed by atoms with Gasteiger partial charge in [0.25, 0.3) is 11.8 Å². The Morgan fingerprint density at radius 3 is 2.50 bits per heavy atom. The number of carbonyl (C=O) groups excluding carboxylic acids is 3. The first-order valence-electron chi connectivity index (χ1n) is 10.7. The molecule has 2 N–H and O–H groups in total. The highest BCUT2D eigenvalue weighted by Gasteiger charge is 2.45. The number of hydrogen-bond acceptors (Lipinski definition) is 5. The number of hydrogen-bond donors (Lipinski definition) is 2. The van der Waals surface area contributed by atoms with Crippen molar-refractivity contribution in [2.24, 2.45) is 0 Å². The van der Waals surface area contributed by atoms with Gasteiger partial charge in [-0.1, -0.05) is 23.7 Å². The summed E-state index contributed by atoms with van der Waals surface area (Å²) in [5, 5.41) is 4.27. The number of nitrogens with zero attached hydrogens (tertiary/aromatic N) is 2. The smallest absolute Gasteiger partial charge is 0.269 e. The number of nitrogens with one attached hydrogen (secondary N) is 2. The number of carbonyl (C=O) groups is 3. The van der Waals surface area contributed by atoms with E-state index in [0.717, 1.165) is 11.1 Å². The van der Waals surface area contributed by atoms with E-state index in [0.29, 0.717) is 22.1 Å². The normalized spacial score (nSPS) is 15.1. The van der Waals surface area contributed by atoms with Crippen LogP contribution in [0.3, 0.4) is 0 Å². The lowest BCUT2D eigenvalue weighted by molar-refractivity contribution is -0.124. The minimum atomic E-state index is -1.16. The maximum Gasteiger partial charge on any atom is 0.269 e. The second-order valence-corrected chi connectivity index (χ2v) is 8.56. The van der Waals surface area contributed by atoms with Gasteiger partial charge >= 0.3 is 0 Å². The molecule has 1 aliphatic heterocycles. The molecule has 0 radical (unpaired) electrons. The number of benzene rings is 3. The van der Waals surface area contributed by atoms with E-state index in [1.165, 1.54) is 30.2 Å². The van der Waals surface area contributed by atoms with Gasteiger partial charge in [0.05, 0.1) is 19.2 Å². The second-order valence-electron chi connectivity index (χ2n) is 7.75. The zero-order valence-corrected chi connectivity index (χ0v) is 20.5. The molecule has 1 atom stereocenters.